The van der Waals surface area contributed by atoms with Crippen molar-refractivity contribution < 1.29 is 0 Å². The first-order valence-electron chi connectivity index (χ1n) is 6.31. The molecule has 0 aliphatic rings. The van der Waals surface area contributed by atoms with Gasteiger partial charge < -0.3 is 15.6 Å². The first-order valence-corrected chi connectivity index (χ1v) is 6.31. The van der Waals surface area contributed by atoms with E-state index in [1.807, 2.05) is 13.0 Å². The lowest BCUT2D eigenvalue weighted by molar-refractivity contribution is 0.757. The molecule has 18 heavy (non-hydrogen) atoms. The molecule has 0 spiro atoms. The summed E-state index contributed by atoms with van der Waals surface area (Å²) in [6, 6.07) is 10.4. The summed E-state index contributed by atoms with van der Waals surface area (Å²) >= 11 is 0. The number of nitrogens with zero attached hydrogens (tertiary/aromatic N) is 2. The van der Waals surface area contributed by atoms with Crippen LogP contribution in [0.25, 0.3) is 0 Å². The summed E-state index contributed by atoms with van der Waals surface area (Å²) < 4.78 is 0. The minimum absolute atomic E-state index is 0.650. The fraction of sp³-hybridized carbons (Fsp3) is 0.357. The Morgan fingerprint density at radius 2 is 2.00 bits per heavy atom. The number of rotatable bonds is 5. The second-order valence-corrected chi connectivity index (χ2v) is 4.47. The van der Waals surface area contributed by atoms with Crippen molar-refractivity contribution in [2.75, 3.05) is 17.2 Å². The zero-order chi connectivity index (χ0) is 13.0. The van der Waals surface area contributed by atoms with E-state index < -0.39 is 0 Å². The van der Waals surface area contributed by atoms with Crippen LogP contribution in [0.3, 0.4) is 0 Å². The van der Waals surface area contributed by atoms with E-state index in [0.717, 1.165) is 31.2 Å². The molecule has 0 saturated heterocycles. The van der Waals surface area contributed by atoms with E-state index in [-0.39, 0.29) is 0 Å². The van der Waals surface area contributed by atoms with E-state index in [0.29, 0.717) is 5.82 Å². The molecular formula is C14H20N4. The lowest BCUT2D eigenvalue weighted by atomic mass is 10.2. The van der Waals surface area contributed by atoms with Gasteiger partial charge in [0.15, 0.2) is 5.82 Å². The first kappa shape index (κ1) is 12.5. The van der Waals surface area contributed by atoms with Gasteiger partial charge in [0.2, 0.25) is 0 Å². The van der Waals surface area contributed by atoms with E-state index in [1.165, 1.54) is 5.56 Å². The molecule has 1 aromatic carbocycles. The number of hydrogen-bond acceptors (Lipinski definition) is 3. The van der Waals surface area contributed by atoms with Gasteiger partial charge in [-0.25, -0.2) is 4.98 Å². The quantitative estimate of drug-likeness (QED) is 0.850. The Morgan fingerprint density at radius 1 is 1.28 bits per heavy atom. The zero-order valence-corrected chi connectivity index (χ0v) is 11.0. The number of benzene rings is 1. The normalized spacial score (nSPS) is 10.6. The predicted molar refractivity (Wildman–Crippen MR) is 75.5 cm³/mol. The number of nitrogens with two attached hydrogens (primary N) is 1. The van der Waals surface area contributed by atoms with Crippen LogP contribution in [0.4, 0.5) is 11.6 Å². The number of aryl methyl sites for hydroxylation is 1. The van der Waals surface area contributed by atoms with Crippen LogP contribution in [-0.2, 0) is 6.54 Å². The molecule has 4 heteroatoms. The lowest BCUT2D eigenvalue weighted by Crippen LogP contribution is -2.24. The molecule has 3 N–H and O–H groups in total. The Hall–Kier alpha value is -1.97. The number of hydrogen-bond donors (Lipinski definition) is 2. The molecule has 0 saturated carbocycles. The van der Waals surface area contributed by atoms with Crippen molar-refractivity contribution in [1.82, 2.24) is 9.97 Å². The molecule has 0 aliphatic carbocycles. The van der Waals surface area contributed by atoms with Gasteiger partial charge in [0, 0.05) is 13.1 Å². The van der Waals surface area contributed by atoms with E-state index in [1.54, 1.807) is 0 Å². The summed E-state index contributed by atoms with van der Waals surface area (Å²) in [5.41, 5.74) is 7.24. The molecule has 0 unspecified atom stereocenters. The lowest BCUT2D eigenvalue weighted by Gasteiger charge is -2.22. The van der Waals surface area contributed by atoms with Crippen LogP contribution in [0.1, 0.15) is 24.7 Å². The van der Waals surface area contributed by atoms with E-state index in [9.17, 15) is 0 Å². The fourth-order valence-corrected chi connectivity index (χ4v) is 2.07. The molecule has 0 aliphatic heterocycles. The van der Waals surface area contributed by atoms with Gasteiger partial charge in [-0.3, -0.25) is 0 Å². The molecule has 0 atom stereocenters. The van der Waals surface area contributed by atoms with Gasteiger partial charge in [0.25, 0.3) is 0 Å². The molecule has 1 aromatic heterocycles. The highest BCUT2D eigenvalue weighted by Crippen LogP contribution is 2.22. The molecule has 0 radical (unpaired) electrons. The van der Waals surface area contributed by atoms with Crippen LogP contribution in [0.2, 0.25) is 0 Å². The minimum atomic E-state index is 0.650. The Bertz CT molecular complexity index is 490. The molecule has 2 rings (SSSR count). The van der Waals surface area contributed by atoms with Crippen molar-refractivity contribution in [3.63, 3.8) is 0 Å². The van der Waals surface area contributed by atoms with E-state index in [4.69, 9.17) is 5.73 Å². The topological polar surface area (TPSA) is 57.9 Å². The number of nitrogens with one attached hydrogen (secondary N) is 1. The summed E-state index contributed by atoms with van der Waals surface area (Å²) in [7, 11) is 0. The summed E-state index contributed by atoms with van der Waals surface area (Å²) in [5.74, 6) is 2.37. The molecule has 4 nitrogen and oxygen atoms in total. The molecule has 0 amide bonds. The molecule has 96 valence electrons. The van der Waals surface area contributed by atoms with Crippen LogP contribution in [0.15, 0.2) is 30.3 Å². The summed E-state index contributed by atoms with van der Waals surface area (Å²) in [6.07, 6.45) is 1.07. The van der Waals surface area contributed by atoms with Crippen molar-refractivity contribution >= 4 is 11.6 Å². The van der Waals surface area contributed by atoms with Crippen LogP contribution >= 0.6 is 0 Å². The minimum Gasteiger partial charge on any atom is -0.382 e. The summed E-state index contributed by atoms with van der Waals surface area (Å²) in [4.78, 5) is 9.74. The van der Waals surface area contributed by atoms with Crippen molar-refractivity contribution in [2.45, 2.75) is 26.8 Å². The average molecular weight is 244 g/mol. The highest BCUT2D eigenvalue weighted by molar-refractivity contribution is 5.59. The van der Waals surface area contributed by atoms with Gasteiger partial charge in [-0.1, -0.05) is 37.3 Å². The highest BCUT2D eigenvalue weighted by atomic mass is 15.2. The first-order chi connectivity index (χ1) is 8.70. The van der Waals surface area contributed by atoms with Gasteiger partial charge in [-0.2, -0.15) is 0 Å². The van der Waals surface area contributed by atoms with Crippen LogP contribution in [0.5, 0.6) is 0 Å². The highest BCUT2D eigenvalue weighted by Gasteiger charge is 2.13. The standard InChI is InChI=1S/C14H20N4/c1-3-9-18(10-12-7-5-4-6-8-12)14-13(15)16-11(2)17-14/h4-8H,3,9-10,15H2,1-2H3,(H,16,17). The van der Waals surface area contributed by atoms with Gasteiger partial charge in [-0.05, 0) is 18.9 Å². The Kier molecular flexibility index (Phi) is 3.87. The van der Waals surface area contributed by atoms with Crippen molar-refractivity contribution in [2.24, 2.45) is 0 Å². The number of aromatic nitrogens is 2. The smallest absolute Gasteiger partial charge is 0.171 e. The maximum absolute atomic E-state index is 5.97. The van der Waals surface area contributed by atoms with Gasteiger partial charge in [0.1, 0.15) is 11.6 Å². The fourth-order valence-electron chi connectivity index (χ4n) is 2.07. The third-order valence-electron chi connectivity index (χ3n) is 2.84. The summed E-state index contributed by atoms with van der Waals surface area (Å²) in [6.45, 7) is 5.87. The predicted octanol–water partition coefficient (Wildman–Crippen LogP) is 2.72. The third-order valence-corrected chi connectivity index (χ3v) is 2.84. The number of anilines is 2. The zero-order valence-electron chi connectivity index (χ0n) is 11.0. The Morgan fingerprint density at radius 3 is 2.56 bits per heavy atom. The third kappa shape index (κ3) is 2.83. The number of imidazole rings is 1. The number of H-pyrrole nitrogens is 1. The maximum atomic E-state index is 5.97. The molecule has 1 heterocycles. The Balaban J connectivity index is 2.21. The molecule has 0 fully saturated rings. The van der Waals surface area contributed by atoms with E-state index >= 15 is 0 Å². The van der Waals surface area contributed by atoms with Crippen LogP contribution < -0.4 is 10.6 Å². The van der Waals surface area contributed by atoms with Crippen LogP contribution in [-0.4, -0.2) is 16.5 Å². The second kappa shape index (κ2) is 5.58. The van der Waals surface area contributed by atoms with Crippen molar-refractivity contribution in [3.05, 3.63) is 41.7 Å². The number of nitrogen functional groups attached to an aromatic ring is 1. The molecule has 0 bridgehead atoms. The molecular weight excluding hydrogens is 224 g/mol. The van der Waals surface area contributed by atoms with E-state index in [2.05, 4.69) is 46.1 Å². The SMILES string of the molecule is CCCN(Cc1ccccc1)c1nc(C)[nH]c1N. The molecule has 2 aromatic rings. The largest absolute Gasteiger partial charge is 0.382 e. The van der Waals surface area contributed by atoms with Crippen LogP contribution in [0, 0.1) is 6.92 Å². The average Bonchev–Trinajstić information content (AvgIpc) is 2.69. The van der Waals surface area contributed by atoms with Crippen molar-refractivity contribution in [3.8, 4) is 0 Å². The maximum Gasteiger partial charge on any atom is 0.171 e. The second-order valence-electron chi connectivity index (χ2n) is 4.47. The number of aromatic amines is 1. The monoisotopic (exact) mass is 244 g/mol. The van der Waals surface area contributed by atoms with Gasteiger partial charge >= 0.3 is 0 Å². The van der Waals surface area contributed by atoms with Crippen molar-refractivity contribution in [1.29, 1.82) is 0 Å². The Labute approximate surface area is 108 Å². The summed E-state index contributed by atoms with van der Waals surface area (Å²) in [5, 5.41) is 0. The van der Waals surface area contributed by atoms with Gasteiger partial charge in [-0.15, -0.1) is 0 Å². The van der Waals surface area contributed by atoms with Gasteiger partial charge in [0.05, 0.1) is 0 Å².